The lowest BCUT2D eigenvalue weighted by Gasteiger charge is -2.21. The van der Waals surface area contributed by atoms with Gasteiger partial charge in [-0.15, -0.1) is 0 Å². The summed E-state index contributed by atoms with van der Waals surface area (Å²) in [5, 5.41) is 6.50. The number of anilines is 1. The lowest BCUT2D eigenvalue weighted by atomic mass is 10.1. The van der Waals surface area contributed by atoms with E-state index in [1.807, 2.05) is 26.0 Å². The van der Waals surface area contributed by atoms with Crippen LogP contribution in [-0.2, 0) is 11.2 Å². The van der Waals surface area contributed by atoms with Gasteiger partial charge in [-0.3, -0.25) is 4.79 Å². The smallest absolute Gasteiger partial charge is 0.239 e. The van der Waals surface area contributed by atoms with Crippen molar-refractivity contribution in [1.29, 1.82) is 0 Å². The molecule has 0 spiro atoms. The second-order valence-electron chi connectivity index (χ2n) is 5.06. The number of rotatable bonds is 5. The van der Waals surface area contributed by atoms with E-state index in [1.54, 1.807) is 11.9 Å². The fraction of sp³-hybridized carbons (Fsp3) is 0.467. The molecule has 0 aromatic heterocycles. The lowest BCUT2D eigenvalue weighted by Crippen LogP contribution is -2.42. The molecule has 5 heteroatoms. The Kier molecular flexibility index (Phi) is 6.45. The number of carbonyl (C=O) groups is 1. The number of nitrogens with one attached hydrogen (secondary N) is 2. The predicted octanol–water partition coefficient (Wildman–Crippen LogP) is 2.40. The zero-order valence-corrected chi connectivity index (χ0v) is 13.4. The zero-order chi connectivity index (χ0) is 15.1. The van der Waals surface area contributed by atoms with Crippen molar-refractivity contribution in [2.75, 3.05) is 18.9 Å². The Labute approximate surface area is 126 Å². The van der Waals surface area contributed by atoms with E-state index in [9.17, 15) is 4.79 Å². The maximum Gasteiger partial charge on any atom is 0.239 e. The monoisotopic (exact) mass is 293 g/mol. The number of carbonyl (C=O) groups excluding carboxylic acids is 1. The third kappa shape index (κ3) is 5.57. The average molecular weight is 293 g/mol. The van der Waals surface area contributed by atoms with Gasteiger partial charge >= 0.3 is 0 Å². The molecule has 1 aromatic rings. The molecule has 0 aliphatic carbocycles. The molecule has 0 saturated carbocycles. The second kappa shape index (κ2) is 7.85. The van der Waals surface area contributed by atoms with E-state index in [0.29, 0.717) is 5.11 Å². The molecule has 0 fully saturated rings. The number of hydrogen-bond donors (Lipinski definition) is 2. The van der Waals surface area contributed by atoms with Crippen LogP contribution < -0.4 is 10.6 Å². The maximum atomic E-state index is 11.7. The summed E-state index contributed by atoms with van der Waals surface area (Å²) >= 11 is 5.29. The molecule has 20 heavy (non-hydrogen) atoms. The normalized spacial score (nSPS) is 10.2. The first kappa shape index (κ1) is 16.4. The van der Waals surface area contributed by atoms with Crippen LogP contribution in [0.5, 0.6) is 0 Å². The largest absolute Gasteiger partial charge is 0.352 e. The lowest BCUT2D eigenvalue weighted by molar-refractivity contribution is -0.121. The molecule has 0 saturated heterocycles. The van der Waals surface area contributed by atoms with E-state index < -0.39 is 0 Å². The second-order valence-corrected chi connectivity index (χ2v) is 5.45. The van der Waals surface area contributed by atoms with Crippen LogP contribution in [0.25, 0.3) is 0 Å². The summed E-state index contributed by atoms with van der Waals surface area (Å²) < 4.78 is 0. The van der Waals surface area contributed by atoms with Crippen LogP contribution in [0, 0.1) is 0 Å². The molecule has 0 heterocycles. The zero-order valence-electron chi connectivity index (χ0n) is 12.6. The number of thiocarbonyl (C=S) groups is 1. The van der Waals surface area contributed by atoms with Crippen molar-refractivity contribution in [3.05, 3.63) is 29.8 Å². The molecular formula is C15H23N3OS. The van der Waals surface area contributed by atoms with Gasteiger partial charge < -0.3 is 15.5 Å². The Morgan fingerprint density at radius 3 is 2.40 bits per heavy atom. The Bertz CT molecular complexity index is 457. The summed E-state index contributed by atoms with van der Waals surface area (Å²) in [5.41, 5.74) is 2.22. The summed E-state index contributed by atoms with van der Waals surface area (Å²) in [4.78, 5) is 13.4. The summed E-state index contributed by atoms with van der Waals surface area (Å²) in [6.07, 6.45) is 1.01. The quantitative estimate of drug-likeness (QED) is 0.818. The van der Waals surface area contributed by atoms with E-state index in [2.05, 4.69) is 29.7 Å². The molecule has 1 aromatic carbocycles. The van der Waals surface area contributed by atoms with Crippen molar-refractivity contribution in [1.82, 2.24) is 10.2 Å². The maximum absolute atomic E-state index is 11.7. The molecule has 0 unspecified atom stereocenters. The van der Waals surface area contributed by atoms with Gasteiger partial charge in [0.15, 0.2) is 5.11 Å². The summed E-state index contributed by atoms with van der Waals surface area (Å²) in [7, 11) is 1.80. The Balaban J connectivity index is 2.50. The van der Waals surface area contributed by atoms with E-state index in [0.717, 1.165) is 12.1 Å². The highest BCUT2D eigenvalue weighted by molar-refractivity contribution is 7.80. The van der Waals surface area contributed by atoms with Gasteiger partial charge in [0.1, 0.15) is 0 Å². The summed E-state index contributed by atoms with van der Waals surface area (Å²) in [5.74, 6) is -0.0343. The van der Waals surface area contributed by atoms with Crippen molar-refractivity contribution < 1.29 is 4.79 Å². The summed E-state index contributed by atoms with van der Waals surface area (Å²) in [6.45, 7) is 6.23. The molecule has 0 radical (unpaired) electrons. The number of benzene rings is 1. The van der Waals surface area contributed by atoms with Gasteiger partial charge in [-0.2, -0.15) is 0 Å². The Morgan fingerprint density at radius 2 is 1.90 bits per heavy atom. The number of amides is 1. The summed E-state index contributed by atoms with van der Waals surface area (Å²) in [6, 6.07) is 8.26. The topological polar surface area (TPSA) is 44.4 Å². The van der Waals surface area contributed by atoms with Gasteiger partial charge in [0.2, 0.25) is 5.91 Å². The van der Waals surface area contributed by atoms with Crippen molar-refractivity contribution in [2.24, 2.45) is 0 Å². The van der Waals surface area contributed by atoms with Crippen molar-refractivity contribution in [3.8, 4) is 0 Å². The molecule has 110 valence electrons. The minimum absolute atomic E-state index is 0.0343. The van der Waals surface area contributed by atoms with Gasteiger partial charge in [0.05, 0.1) is 6.54 Å². The van der Waals surface area contributed by atoms with Gasteiger partial charge in [-0.05, 0) is 50.2 Å². The van der Waals surface area contributed by atoms with Gasteiger partial charge in [0.25, 0.3) is 0 Å². The van der Waals surface area contributed by atoms with Crippen LogP contribution in [0.1, 0.15) is 26.3 Å². The number of aryl methyl sites for hydroxylation is 1. The molecule has 0 atom stereocenters. The first-order chi connectivity index (χ1) is 9.42. The third-order valence-electron chi connectivity index (χ3n) is 2.79. The Hall–Kier alpha value is -1.62. The van der Waals surface area contributed by atoms with Crippen molar-refractivity contribution in [3.63, 3.8) is 0 Å². The van der Waals surface area contributed by atoms with Crippen molar-refractivity contribution >= 4 is 28.9 Å². The third-order valence-corrected chi connectivity index (χ3v) is 3.20. The molecule has 0 bridgehead atoms. The van der Waals surface area contributed by atoms with Gasteiger partial charge in [-0.25, -0.2) is 0 Å². The van der Waals surface area contributed by atoms with Crippen LogP contribution >= 0.6 is 12.2 Å². The van der Waals surface area contributed by atoms with Crippen LogP contribution in [0.3, 0.4) is 0 Å². The van der Waals surface area contributed by atoms with E-state index >= 15 is 0 Å². The van der Waals surface area contributed by atoms with E-state index in [4.69, 9.17) is 12.2 Å². The van der Waals surface area contributed by atoms with Gasteiger partial charge in [0, 0.05) is 18.8 Å². The highest BCUT2D eigenvalue weighted by Gasteiger charge is 2.10. The molecular weight excluding hydrogens is 270 g/mol. The first-order valence-corrected chi connectivity index (χ1v) is 7.23. The van der Waals surface area contributed by atoms with Crippen LogP contribution in [0.2, 0.25) is 0 Å². The molecule has 1 rings (SSSR count). The number of nitrogens with zero attached hydrogens (tertiary/aromatic N) is 1. The molecule has 2 N–H and O–H groups in total. The molecule has 4 nitrogen and oxygen atoms in total. The molecule has 0 aliphatic heterocycles. The minimum Gasteiger partial charge on any atom is -0.352 e. The standard InChI is InChI=1S/C15H23N3OS/c1-5-12-6-8-13(9-7-12)17-15(20)18(4)10-14(19)16-11(2)3/h6-9,11H,5,10H2,1-4H3,(H,16,19)(H,17,20). The SMILES string of the molecule is CCc1ccc(NC(=S)N(C)CC(=O)NC(C)C)cc1. The van der Waals surface area contributed by atoms with E-state index in [1.165, 1.54) is 5.56 Å². The molecule has 0 aliphatic rings. The minimum atomic E-state index is -0.0343. The molecule has 1 amide bonds. The fourth-order valence-electron chi connectivity index (χ4n) is 1.70. The number of likely N-dealkylation sites (N-methyl/N-ethyl adjacent to an activating group) is 1. The highest BCUT2D eigenvalue weighted by Crippen LogP contribution is 2.10. The van der Waals surface area contributed by atoms with Crippen LogP contribution in [-0.4, -0.2) is 35.6 Å². The highest BCUT2D eigenvalue weighted by atomic mass is 32.1. The van der Waals surface area contributed by atoms with Crippen LogP contribution in [0.15, 0.2) is 24.3 Å². The average Bonchev–Trinajstić information content (AvgIpc) is 2.38. The van der Waals surface area contributed by atoms with Crippen molar-refractivity contribution in [2.45, 2.75) is 33.2 Å². The Morgan fingerprint density at radius 1 is 1.30 bits per heavy atom. The van der Waals surface area contributed by atoms with Crippen LogP contribution in [0.4, 0.5) is 5.69 Å². The predicted molar refractivity (Wildman–Crippen MR) is 87.9 cm³/mol. The first-order valence-electron chi connectivity index (χ1n) is 6.82. The fourth-order valence-corrected chi connectivity index (χ4v) is 1.88. The number of hydrogen-bond acceptors (Lipinski definition) is 2. The van der Waals surface area contributed by atoms with Gasteiger partial charge in [-0.1, -0.05) is 19.1 Å². The van der Waals surface area contributed by atoms with E-state index in [-0.39, 0.29) is 18.5 Å².